The molecule has 5 nitrogen and oxygen atoms in total. The molecule has 0 amide bonds. The molecule has 1 rings (SSSR count). The average Bonchev–Trinajstić information content (AvgIpc) is 2.16. The minimum atomic E-state index is -0.155. The number of nitroso groups, excluding NO2 is 1. The van der Waals surface area contributed by atoms with Crippen LogP contribution in [0, 0.1) is 17.0 Å². The first-order chi connectivity index (χ1) is 6.60. The lowest BCUT2D eigenvalue weighted by Gasteiger charge is -2.17. The zero-order valence-electron chi connectivity index (χ0n) is 8.07. The molecule has 0 saturated carbocycles. The molecule has 0 aliphatic rings. The molecule has 0 heterocycles. The van der Waals surface area contributed by atoms with Gasteiger partial charge in [0.05, 0.1) is 7.05 Å². The highest BCUT2D eigenvalue weighted by Gasteiger charge is 2.10. The second-order valence-electron chi connectivity index (χ2n) is 2.96. The van der Waals surface area contributed by atoms with Gasteiger partial charge >= 0.3 is 0 Å². The Hall–Kier alpha value is -1.59. The molecule has 0 fully saturated rings. The summed E-state index contributed by atoms with van der Waals surface area (Å²) >= 11 is 0. The first-order valence-electron chi connectivity index (χ1n) is 4.05. The van der Waals surface area contributed by atoms with Crippen LogP contribution in [0.2, 0.25) is 0 Å². The largest absolute Gasteiger partial charge is 0.629 e. The maximum absolute atomic E-state index is 11.2. The first-order valence-corrected chi connectivity index (χ1v) is 4.05. The van der Waals surface area contributed by atoms with Crippen LogP contribution >= 0.6 is 0 Å². The van der Waals surface area contributed by atoms with Crippen LogP contribution in [0.15, 0.2) is 22.3 Å². The van der Waals surface area contributed by atoms with Gasteiger partial charge in [-0.15, -0.1) is 4.91 Å². The van der Waals surface area contributed by atoms with Gasteiger partial charge in [0.25, 0.3) is 0 Å². The minimum Gasteiger partial charge on any atom is -0.629 e. The molecule has 1 N–H and O–H groups in total. The number of quaternary nitrogens is 1. The number of aliphatic imine (C=N–C) groups is 1. The second-order valence-corrected chi connectivity index (χ2v) is 2.96. The van der Waals surface area contributed by atoms with Crippen molar-refractivity contribution in [3.63, 3.8) is 0 Å². The molecule has 1 aromatic rings. The smallest absolute Gasteiger partial charge is 0.159 e. The fourth-order valence-electron chi connectivity index (χ4n) is 1.19. The van der Waals surface area contributed by atoms with Crippen molar-refractivity contribution in [2.45, 2.75) is 6.92 Å². The van der Waals surface area contributed by atoms with Crippen LogP contribution in [0.4, 0.5) is 17.1 Å². The number of nitrogens with one attached hydrogen (secondary N) is 1. The van der Waals surface area contributed by atoms with Gasteiger partial charge in [-0.05, 0) is 30.4 Å². The summed E-state index contributed by atoms with van der Waals surface area (Å²) in [5, 5.41) is 13.8. The fourth-order valence-corrected chi connectivity index (χ4v) is 1.19. The molecule has 0 bridgehead atoms. The van der Waals surface area contributed by atoms with Crippen molar-refractivity contribution in [3.8, 4) is 0 Å². The summed E-state index contributed by atoms with van der Waals surface area (Å²) in [7, 11) is 1.41. The van der Waals surface area contributed by atoms with Crippen LogP contribution in [0.5, 0.6) is 0 Å². The Morgan fingerprint density at radius 3 is 2.50 bits per heavy atom. The molecular formula is C9H11N3O2. The summed E-state index contributed by atoms with van der Waals surface area (Å²) in [6.07, 6.45) is 0. The molecule has 1 unspecified atom stereocenters. The molecule has 0 saturated heterocycles. The number of nitrogens with zero attached hydrogens (tertiary/aromatic N) is 2. The van der Waals surface area contributed by atoms with Crippen molar-refractivity contribution >= 4 is 23.8 Å². The lowest BCUT2D eigenvalue weighted by atomic mass is 10.1. The van der Waals surface area contributed by atoms with Gasteiger partial charge in [-0.2, -0.15) is 0 Å². The Labute approximate surface area is 81.6 Å². The summed E-state index contributed by atoms with van der Waals surface area (Å²) in [4.78, 5) is 14.1. The zero-order chi connectivity index (χ0) is 10.7. The van der Waals surface area contributed by atoms with E-state index in [1.165, 1.54) is 13.1 Å². The molecule has 74 valence electrons. The van der Waals surface area contributed by atoms with Crippen molar-refractivity contribution < 1.29 is 5.06 Å². The molecular weight excluding hydrogens is 182 g/mol. The minimum absolute atomic E-state index is 0.155. The summed E-state index contributed by atoms with van der Waals surface area (Å²) in [5.74, 6) is 0. The van der Waals surface area contributed by atoms with Crippen molar-refractivity contribution in [2.24, 2.45) is 10.2 Å². The van der Waals surface area contributed by atoms with Gasteiger partial charge in [0, 0.05) is 6.07 Å². The summed E-state index contributed by atoms with van der Waals surface area (Å²) in [5.41, 5.74) is 1.82. The van der Waals surface area contributed by atoms with Crippen LogP contribution in [-0.2, 0) is 0 Å². The van der Waals surface area contributed by atoms with E-state index in [-0.39, 0.29) is 10.8 Å². The normalized spacial score (nSPS) is 12.2. The number of rotatable bonds is 3. The fraction of sp³-hybridized carbons (Fsp3) is 0.222. The third-order valence-corrected chi connectivity index (χ3v) is 1.96. The quantitative estimate of drug-likeness (QED) is 0.447. The first kappa shape index (κ1) is 10.5. The van der Waals surface area contributed by atoms with Crippen molar-refractivity contribution in [1.29, 1.82) is 0 Å². The Bertz CT molecular complexity index is 375. The molecule has 0 aliphatic heterocycles. The highest BCUT2D eigenvalue weighted by molar-refractivity contribution is 5.68. The maximum Gasteiger partial charge on any atom is 0.159 e. The van der Waals surface area contributed by atoms with E-state index < -0.39 is 0 Å². The van der Waals surface area contributed by atoms with Gasteiger partial charge in [0.2, 0.25) is 0 Å². The molecule has 0 aliphatic carbocycles. The molecule has 1 atom stereocenters. The van der Waals surface area contributed by atoms with Crippen molar-refractivity contribution in [3.05, 3.63) is 27.8 Å². The molecule has 1 aromatic carbocycles. The monoisotopic (exact) mass is 193 g/mol. The van der Waals surface area contributed by atoms with Crippen LogP contribution in [0.3, 0.4) is 0 Å². The van der Waals surface area contributed by atoms with Gasteiger partial charge in [-0.3, -0.25) is 4.99 Å². The number of hydrogen-bond donors (Lipinski definition) is 1. The molecule has 0 aromatic heterocycles. The van der Waals surface area contributed by atoms with Gasteiger partial charge in [0.15, 0.2) is 5.69 Å². The van der Waals surface area contributed by atoms with E-state index >= 15 is 0 Å². The van der Waals surface area contributed by atoms with E-state index in [2.05, 4.69) is 16.9 Å². The highest BCUT2D eigenvalue weighted by atomic mass is 16.5. The predicted molar refractivity (Wildman–Crippen MR) is 55.8 cm³/mol. The molecule has 14 heavy (non-hydrogen) atoms. The van der Waals surface area contributed by atoms with Crippen molar-refractivity contribution in [1.82, 2.24) is 0 Å². The Morgan fingerprint density at radius 2 is 2.07 bits per heavy atom. The van der Waals surface area contributed by atoms with Gasteiger partial charge in [-0.25, -0.2) is 0 Å². The van der Waals surface area contributed by atoms with Gasteiger partial charge < -0.3 is 10.3 Å². The lowest BCUT2D eigenvalue weighted by molar-refractivity contribution is -0.750. The van der Waals surface area contributed by atoms with Crippen molar-refractivity contribution in [2.75, 3.05) is 7.05 Å². The topological polar surface area (TPSA) is 69.3 Å². The van der Waals surface area contributed by atoms with E-state index in [4.69, 9.17) is 0 Å². The van der Waals surface area contributed by atoms with E-state index in [1.807, 2.05) is 0 Å². The summed E-state index contributed by atoms with van der Waals surface area (Å²) < 4.78 is 0. The van der Waals surface area contributed by atoms with Gasteiger partial charge in [-0.1, -0.05) is 0 Å². The van der Waals surface area contributed by atoms with E-state index in [1.54, 1.807) is 13.0 Å². The number of hydroxylamine groups is 1. The number of aryl methyl sites for hydroxylation is 1. The van der Waals surface area contributed by atoms with Crippen LogP contribution in [0.1, 0.15) is 5.56 Å². The highest BCUT2D eigenvalue weighted by Crippen LogP contribution is 2.29. The SMILES string of the molecule is C=Nc1cc(C)c(N=O)cc1[NH+](C)[O-]. The summed E-state index contributed by atoms with van der Waals surface area (Å²) in [6, 6.07) is 3.06. The molecule has 5 heteroatoms. The molecule has 0 spiro atoms. The van der Waals surface area contributed by atoms with Gasteiger partial charge in [0.1, 0.15) is 11.4 Å². The van der Waals surface area contributed by atoms with E-state index in [0.717, 1.165) is 0 Å². The lowest BCUT2D eigenvalue weighted by Crippen LogP contribution is -2.98. The Morgan fingerprint density at radius 1 is 1.43 bits per heavy atom. The number of benzene rings is 1. The van der Waals surface area contributed by atoms with E-state index in [9.17, 15) is 10.1 Å². The molecule has 0 radical (unpaired) electrons. The standard InChI is InChI=1S/C9H11N3O2/c1-6-4-8(10-2)9(12(3)14)5-7(6)11-13/h4-5,12H,2H2,1,3H3. The van der Waals surface area contributed by atoms with Crippen LogP contribution in [-0.4, -0.2) is 13.8 Å². The average molecular weight is 193 g/mol. The van der Waals surface area contributed by atoms with Crippen LogP contribution < -0.4 is 5.06 Å². The second kappa shape index (κ2) is 4.08. The Balaban J connectivity index is 3.39. The maximum atomic E-state index is 11.2. The van der Waals surface area contributed by atoms with E-state index in [0.29, 0.717) is 16.9 Å². The third kappa shape index (κ3) is 1.84. The zero-order valence-corrected chi connectivity index (χ0v) is 8.07. The van der Waals surface area contributed by atoms with Crippen LogP contribution in [0.25, 0.3) is 0 Å². The predicted octanol–water partition coefficient (Wildman–Crippen LogP) is 1.37. The number of hydrogen-bond acceptors (Lipinski definition) is 4. The summed E-state index contributed by atoms with van der Waals surface area (Å²) in [6.45, 7) is 5.09. The Kier molecular flexibility index (Phi) is 3.06. The third-order valence-electron chi connectivity index (χ3n) is 1.96.